The van der Waals surface area contributed by atoms with Crippen LogP contribution in [0.2, 0.25) is 0 Å². The van der Waals surface area contributed by atoms with Crippen molar-refractivity contribution in [3.05, 3.63) is 0 Å². The maximum Gasteiger partial charge on any atom is 0.347 e. The van der Waals surface area contributed by atoms with Crippen LogP contribution in [-0.4, -0.2) is 46.0 Å². The van der Waals surface area contributed by atoms with Gasteiger partial charge in [-0.3, -0.25) is 10.0 Å². The zero-order valence-corrected chi connectivity index (χ0v) is 8.55. The summed E-state index contributed by atoms with van der Waals surface area (Å²) in [5.74, 6) is -0.488. The third-order valence-electron chi connectivity index (χ3n) is 2.87. The smallest absolute Gasteiger partial charge is 0.347 e. The van der Waals surface area contributed by atoms with E-state index < -0.39 is 18.2 Å². The van der Waals surface area contributed by atoms with Crippen LogP contribution in [0.3, 0.4) is 0 Å². The van der Waals surface area contributed by atoms with E-state index in [9.17, 15) is 14.8 Å². The van der Waals surface area contributed by atoms with Gasteiger partial charge in [0.05, 0.1) is 0 Å². The molecule has 6 heteroatoms. The lowest BCUT2D eigenvalue weighted by Crippen LogP contribution is -2.56. The Bertz CT molecular complexity index is 294. The van der Waals surface area contributed by atoms with Gasteiger partial charge in [-0.1, -0.05) is 0 Å². The second-order valence-electron chi connectivity index (χ2n) is 3.92. The molecule has 0 saturated carbocycles. The molecule has 0 bridgehead atoms. The van der Waals surface area contributed by atoms with Crippen molar-refractivity contribution >= 4 is 12.0 Å². The highest BCUT2D eigenvalue weighted by molar-refractivity contribution is 5.75. The predicted molar refractivity (Wildman–Crippen MR) is 48.9 cm³/mol. The van der Waals surface area contributed by atoms with Crippen molar-refractivity contribution in [1.82, 2.24) is 9.96 Å². The molecule has 0 aromatic rings. The standard InChI is InChI=1S/C9H14N2O4/c1-6(12)15-8-5-7-3-2-4-10(7)9(13)11(8)14/h7-8,14H,2-5H2,1H3. The Morgan fingerprint density at radius 1 is 1.60 bits per heavy atom. The molecular weight excluding hydrogens is 200 g/mol. The van der Waals surface area contributed by atoms with Gasteiger partial charge in [-0.05, 0) is 12.8 Å². The van der Waals surface area contributed by atoms with Gasteiger partial charge in [0.25, 0.3) is 0 Å². The number of esters is 1. The second kappa shape index (κ2) is 3.69. The number of hydrogen-bond donors (Lipinski definition) is 1. The van der Waals surface area contributed by atoms with Crippen molar-refractivity contribution in [2.45, 2.75) is 38.5 Å². The minimum Gasteiger partial charge on any atom is -0.439 e. The van der Waals surface area contributed by atoms with Crippen LogP contribution in [0.15, 0.2) is 0 Å². The summed E-state index contributed by atoms with van der Waals surface area (Å²) in [5.41, 5.74) is 0. The van der Waals surface area contributed by atoms with Crippen LogP contribution < -0.4 is 0 Å². The Hall–Kier alpha value is -1.30. The largest absolute Gasteiger partial charge is 0.439 e. The number of carbonyl (C=O) groups is 2. The van der Waals surface area contributed by atoms with E-state index in [4.69, 9.17) is 4.74 Å². The molecule has 0 spiro atoms. The van der Waals surface area contributed by atoms with Gasteiger partial charge in [-0.2, -0.15) is 5.06 Å². The van der Waals surface area contributed by atoms with E-state index in [1.54, 1.807) is 4.90 Å². The van der Waals surface area contributed by atoms with Gasteiger partial charge in [-0.25, -0.2) is 4.79 Å². The van der Waals surface area contributed by atoms with E-state index in [0.717, 1.165) is 12.8 Å². The Kier molecular flexibility index (Phi) is 2.52. The molecule has 0 aromatic carbocycles. The second-order valence-corrected chi connectivity index (χ2v) is 3.92. The fraction of sp³-hybridized carbons (Fsp3) is 0.778. The summed E-state index contributed by atoms with van der Waals surface area (Å²) in [4.78, 5) is 24.0. The maximum atomic E-state index is 11.6. The molecule has 2 atom stereocenters. The number of ether oxygens (including phenoxy) is 1. The van der Waals surface area contributed by atoms with Crippen molar-refractivity contribution in [1.29, 1.82) is 0 Å². The molecule has 2 amide bonds. The van der Waals surface area contributed by atoms with Crippen LogP contribution in [0.25, 0.3) is 0 Å². The van der Waals surface area contributed by atoms with Crippen LogP contribution in [0.5, 0.6) is 0 Å². The molecule has 2 saturated heterocycles. The molecule has 0 aromatic heterocycles. The summed E-state index contributed by atoms with van der Waals surface area (Å²) in [6, 6.07) is -0.361. The fourth-order valence-corrected chi connectivity index (χ4v) is 2.21. The minimum absolute atomic E-state index is 0.102. The molecule has 1 N–H and O–H groups in total. The first-order valence-electron chi connectivity index (χ1n) is 5.05. The number of nitrogens with zero attached hydrogens (tertiary/aromatic N) is 2. The zero-order valence-electron chi connectivity index (χ0n) is 8.55. The molecule has 2 rings (SSSR count). The van der Waals surface area contributed by atoms with Crippen molar-refractivity contribution in [3.63, 3.8) is 0 Å². The molecule has 2 aliphatic rings. The molecule has 15 heavy (non-hydrogen) atoms. The Balaban J connectivity index is 2.08. The summed E-state index contributed by atoms with van der Waals surface area (Å²) < 4.78 is 4.87. The van der Waals surface area contributed by atoms with Crippen molar-refractivity contribution in [2.75, 3.05) is 6.54 Å². The molecule has 0 radical (unpaired) electrons. The minimum atomic E-state index is -0.825. The quantitative estimate of drug-likeness (QED) is 0.511. The molecular formula is C9H14N2O4. The number of fused-ring (bicyclic) bond motifs is 1. The number of urea groups is 1. The number of carbonyl (C=O) groups excluding carboxylic acids is 2. The monoisotopic (exact) mass is 214 g/mol. The van der Waals surface area contributed by atoms with Crippen LogP contribution >= 0.6 is 0 Å². The molecule has 2 unspecified atom stereocenters. The molecule has 84 valence electrons. The Labute approximate surface area is 87.4 Å². The van der Waals surface area contributed by atoms with Crippen LogP contribution in [0.1, 0.15) is 26.2 Å². The number of hydroxylamine groups is 2. The molecule has 0 aliphatic carbocycles. The first-order chi connectivity index (χ1) is 7.09. The molecule has 2 fully saturated rings. The lowest BCUT2D eigenvalue weighted by atomic mass is 10.1. The summed E-state index contributed by atoms with van der Waals surface area (Å²) in [6.07, 6.45) is 1.52. The van der Waals surface area contributed by atoms with E-state index >= 15 is 0 Å². The molecule has 2 heterocycles. The topological polar surface area (TPSA) is 70.1 Å². The van der Waals surface area contributed by atoms with Crippen molar-refractivity contribution < 1.29 is 19.5 Å². The Morgan fingerprint density at radius 3 is 3.00 bits per heavy atom. The fourth-order valence-electron chi connectivity index (χ4n) is 2.21. The van der Waals surface area contributed by atoms with E-state index in [-0.39, 0.29) is 6.04 Å². The summed E-state index contributed by atoms with van der Waals surface area (Å²) in [7, 11) is 0. The summed E-state index contributed by atoms with van der Waals surface area (Å²) in [5, 5.41) is 10.0. The van der Waals surface area contributed by atoms with Crippen LogP contribution in [-0.2, 0) is 9.53 Å². The Morgan fingerprint density at radius 2 is 2.33 bits per heavy atom. The zero-order chi connectivity index (χ0) is 11.0. The third-order valence-corrected chi connectivity index (χ3v) is 2.87. The molecule has 2 aliphatic heterocycles. The van der Waals surface area contributed by atoms with E-state index in [1.807, 2.05) is 0 Å². The lowest BCUT2D eigenvalue weighted by molar-refractivity contribution is -0.207. The normalized spacial score (nSPS) is 30.4. The van der Waals surface area contributed by atoms with E-state index in [0.29, 0.717) is 18.0 Å². The van der Waals surface area contributed by atoms with E-state index in [1.165, 1.54) is 6.92 Å². The average molecular weight is 214 g/mol. The highest BCUT2D eigenvalue weighted by Gasteiger charge is 2.42. The number of amides is 2. The van der Waals surface area contributed by atoms with Gasteiger partial charge < -0.3 is 9.64 Å². The van der Waals surface area contributed by atoms with Crippen molar-refractivity contribution in [2.24, 2.45) is 0 Å². The highest BCUT2D eigenvalue weighted by Crippen LogP contribution is 2.29. The third kappa shape index (κ3) is 1.77. The summed E-state index contributed by atoms with van der Waals surface area (Å²) >= 11 is 0. The van der Waals surface area contributed by atoms with Gasteiger partial charge in [0.2, 0.25) is 6.23 Å². The predicted octanol–water partition coefficient (Wildman–Crippen LogP) is 0.555. The van der Waals surface area contributed by atoms with Gasteiger partial charge in [0.15, 0.2) is 0 Å². The number of hydrogen-bond acceptors (Lipinski definition) is 4. The lowest BCUT2D eigenvalue weighted by Gasteiger charge is -2.38. The summed E-state index contributed by atoms with van der Waals surface area (Å²) in [6.45, 7) is 1.94. The van der Waals surface area contributed by atoms with Gasteiger partial charge in [0.1, 0.15) is 0 Å². The average Bonchev–Trinajstić information content (AvgIpc) is 2.61. The van der Waals surface area contributed by atoms with Gasteiger partial charge in [-0.15, -0.1) is 0 Å². The first kappa shape index (κ1) is 10.2. The van der Waals surface area contributed by atoms with Crippen LogP contribution in [0.4, 0.5) is 4.79 Å². The molecule has 6 nitrogen and oxygen atoms in total. The van der Waals surface area contributed by atoms with E-state index in [2.05, 4.69) is 0 Å². The first-order valence-corrected chi connectivity index (χ1v) is 5.05. The maximum absolute atomic E-state index is 11.6. The van der Waals surface area contributed by atoms with Gasteiger partial charge >= 0.3 is 12.0 Å². The number of rotatable bonds is 1. The SMILES string of the molecule is CC(=O)OC1CC2CCCN2C(=O)N1O. The van der Waals surface area contributed by atoms with Crippen molar-refractivity contribution in [3.8, 4) is 0 Å². The highest BCUT2D eigenvalue weighted by atomic mass is 16.6. The van der Waals surface area contributed by atoms with Gasteiger partial charge in [0, 0.05) is 25.9 Å². The van der Waals surface area contributed by atoms with Crippen LogP contribution in [0, 0.1) is 0 Å².